The van der Waals surface area contributed by atoms with E-state index in [2.05, 4.69) is 40.2 Å². The van der Waals surface area contributed by atoms with Crippen molar-refractivity contribution >= 4 is 33.3 Å². The fourth-order valence-corrected chi connectivity index (χ4v) is 7.89. The van der Waals surface area contributed by atoms with Crippen molar-refractivity contribution in [1.82, 2.24) is 10.0 Å². The zero-order chi connectivity index (χ0) is 29.9. The van der Waals surface area contributed by atoms with Gasteiger partial charge in [0, 0.05) is 37.2 Å². The maximum absolute atomic E-state index is 13.3. The summed E-state index contributed by atoms with van der Waals surface area (Å²) >= 11 is 6.38. The molecular weight excluding hydrogens is 574 g/mol. The molecule has 2 N–H and O–H groups in total. The van der Waals surface area contributed by atoms with Crippen molar-refractivity contribution in [3.05, 3.63) is 77.9 Å². The number of fused-ring (bicyclic) bond motifs is 3. The highest BCUT2D eigenvalue weighted by molar-refractivity contribution is 7.90. The van der Waals surface area contributed by atoms with Crippen molar-refractivity contribution in [2.24, 2.45) is 11.8 Å². The van der Waals surface area contributed by atoms with Crippen LogP contribution in [-0.2, 0) is 26.6 Å². The number of halogens is 1. The van der Waals surface area contributed by atoms with Crippen molar-refractivity contribution in [2.45, 2.75) is 54.9 Å². The number of carbonyl (C=O) groups is 1. The molecule has 2 amide bonds. The van der Waals surface area contributed by atoms with Crippen LogP contribution in [0.15, 0.2) is 66.6 Å². The van der Waals surface area contributed by atoms with Crippen LogP contribution in [0.5, 0.6) is 5.75 Å². The lowest BCUT2D eigenvalue weighted by molar-refractivity contribution is 0.0135. The van der Waals surface area contributed by atoms with E-state index in [1.165, 1.54) is 17.2 Å². The van der Waals surface area contributed by atoms with Gasteiger partial charge in [-0.25, -0.2) is 17.9 Å². The number of hydrogen-bond acceptors (Lipinski definition) is 6. The second-order valence-corrected chi connectivity index (χ2v) is 13.7. The minimum Gasteiger partial charge on any atom is -0.490 e. The molecule has 0 aromatic heterocycles. The van der Waals surface area contributed by atoms with Crippen molar-refractivity contribution < 1.29 is 22.7 Å². The first-order valence-corrected chi connectivity index (χ1v) is 16.4. The van der Waals surface area contributed by atoms with Gasteiger partial charge in [-0.05, 0) is 91.8 Å². The largest absolute Gasteiger partial charge is 0.490 e. The molecule has 10 heteroatoms. The average Bonchev–Trinajstić information content (AvgIpc) is 3.10. The van der Waals surface area contributed by atoms with Crippen molar-refractivity contribution in [2.75, 3.05) is 38.3 Å². The summed E-state index contributed by atoms with van der Waals surface area (Å²) in [7, 11) is -2.41. The highest BCUT2D eigenvalue weighted by atomic mass is 35.5. The summed E-state index contributed by atoms with van der Waals surface area (Å²) in [6, 6.07) is 10.2. The molecule has 2 aromatic rings. The Labute approximate surface area is 254 Å². The number of methoxy groups -OCH3 is 1. The van der Waals surface area contributed by atoms with Gasteiger partial charge in [-0.2, -0.15) is 0 Å². The third-order valence-electron chi connectivity index (χ3n) is 9.04. The summed E-state index contributed by atoms with van der Waals surface area (Å²) in [6.45, 7) is 9.74. The van der Waals surface area contributed by atoms with Crippen LogP contribution in [0.2, 0.25) is 5.02 Å². The minimum absolute atomic E-state index is 0.00603. The van der Waals surface area contributed by atoms with Gasteiger partial charge in [0.05, 0.1) is 23.3 Å². The number of ether oxygens (including phenoxy) is 2. The Bertz CT molecular complexity index is 1450. The molecule has 0 saturated heterocycles. The second kappa shape index (κ2) is 12.7. The quantitative estimate of drug-likeness (QED) is 0.267. The summed E-state index contributed by atoms with van der Waals surface area (Å²) in [5.74, 6) is 1.31. The smallest absolute Gasteiger partial charge is 0.328 e. The predicted octanol–water partition coefficient (Wildman–Crippen LogP) is 5.60. The topological polar surface area (TPSA) is 97.0 Å². The molecule has 42 heavy (non-hydrogen) atoms. The fourth-order valence-electron chi connectivity index (χ4n) is 6.75. The average molecular weight is 614 g/mol. The van der Waals surface area contributed by atoms with Gasteiger partial charge in [-0.1, -0.05) is 29.8 Å². The zero-order valence-corrected chi connectivity index (χ0v) is 25.7. The zero-order valence-electron chi connectivity index (χ0n) is 24.1. The van der Waals surface area contributed by atoms with E-state index in [9.17, 15) is 13.2 Å². The number of carbonyl (C=O) groups excluding carboxylic acids is 1. The summed E-state index contributed by atoms with van der Waals surface area (Å²) < 4.78 is 40.9. The Morgan fingerprint density at radius 1 is 1.26 bits per heavy atom. The molecule has 5 rings (SSSR count). The van der Waals surface area contributed by atoms with Crippen molar-refractivity contribution in [1.29, 1.82) is 0 Å². The predicted molar refractivity (Wildman–Crippen MR) is 166 cm³/mol. The van der Waals surface area contributed by atoms with Crippen molar-refractivity contribution in [3.63, 3.8) is 0 Å². The first-order valence-electron chi connectivity index (χ1n) is 14.6. The van der Waals surface area contributed by atoms with Crippen LogP contribution in [0.25, 0.3) is 0 Å². The lowest BCUT2D eigenvalue weighted by Gasteiger charge is -2.46. The van der Waals surface area contributed by atoms with E-state index in [1.807, 2.05) is 12.1 Å². The molecule has 0 radical (unpaired) electrons. The van der Waals surface area contributed by atoms with Gasteiger partial charge in [0.15, 0.2) is 0 Å². The highest BCUT2D eigenvalue weighted by Crippen LogP contribution is 2.47. The number of nitrogens with one attached hydrogen (secondary N) is 2. The number of rotatable bonds is 10. The monoisotopic (exact) mass is 613 g/mol. The number of anilines is 1. The standard InChI is InChI=1S/C32H40ClN3O5S/c1-4-6-16-34-31(37)35-42(38,39)25-11-14-30-28(18-25)36(19-23-9-12-26(23)29(5-2)40-3)20-32(21-41-30)15-7-8-22-17-24(33)10-13-27(22)32/h4-5,10-11,13-14,17-18,23,26,29H,1-2,6-9,12,15-16,19-21H2,3H3,(H2,34,35,37)/t23-,26+,29?,32-/m0/s1. The summed E-state index contributed by atoms with van der Waals surface area (Å²) in [4.78, 5) is 14.6. The first-order chi connectivity index (χ1) is 20.2. The third-order valence-corrected chi connectivity index (χ3v) is 10.6. The molecule has 1 saturated carbocycles. The van der Waals surface area contributed by atoms with E-state index in [0.29, 0.717) is 49.4 Å². The van der Waals surface area contributed by atoms with E-state index in [4.69, 9.17) is 21.1 Å². The molecule has 0 bridgehead atoms. The molecule has 1 unspecified atom stereocenters. The summed E-state index contributed by atoms with van der Waals surface area (Å²) in [5.41, 5.74) is 2.91. The molecular formula is C32H40ClN3O5S. The van der Waals surface area contributed by atoms with Gasteiger partial charge < -0.3 is 19.7 Å². The maximum atomic E-state index is 13.3. The van der Waals surface area contributed by atoms with Crippen LogP contribution in [0.4, 0.5) is 10.5 Å². The summed E-state index contributed by atoms with van der Waals surface area (Å²) in [6.07, 6.45) is 9.06. The molecule has 1 fully saturated rings. The Balaban J connectivity index is 1.50. The molecule has 2 aliphatic carbocycles. The molecule has 8 nitrogen and oxygen atoms in total. The van der Waals surface area contributed by atoms with Gasteiger partial charge in [0.1, 0.15) is 5.75 Å². The Morgan fingerprint density at radius 2 is 2.10 bits per heavy atom. The van der Waals surface area contributed by atoms with Gasteiger partial charge >= 0.3 is 6.03 Å². The van der Waals surface area contributed by atoms with E-state index < -0.39 is 16.1 Å². The van der Waals surface area contributed by atoms with Crippen LogP contribution >= 0.6 is 11.6 Å². The Kier molecular flexibility index (Phi) is 9.20. The van der Waals surface area contributed by atoms with Crippen molar-refractivity contribution in [3.8, 4) is 5.75 Å². The third kappa shape index (κ3) is 6.19. The molecule has 1 aliphatic heterocycles. The molecule has 1 spiro atoms. The Hall–Kier alpha value is -3.01. The highest BCUT2D eigenvalue weighted by Gasteiger charge is 2.44. The lowest BCUT2D eigenvalue weighted by atomic mass is 9.68. The van der Waals surface area contributed by atoms with E-state index in [-0.39, 0.29) is 16.4 Å². The van der Waals surface area contributed by atoms with Gasteiger partial charge in [0.25, 0.3) is 10.0 Å². The fraction of sp³-hybridized carbons (Fsp3) is 0.469. The van der Waals surface area contributed by atoms with E-state index in [0.717, 1.165) is 43.7 Å². The lowest BCUT2D eigenvalue weighted by Crippen LogP contribution is -2.49. The SMILES string of the molecule is C=CCCNC(=O)NS(=O)(=O)c1ccc2c(c1)N(C[C@@H]1CC[C@H]1C(C=C)OC)C[C@@]1(CCCc3cc(Cl)ccc31)CO2. The number of sulfonamides is 1. The minimum atomic E-state index is -4.12. The molecule has 3 aliphatic rings. The van der Waals surface area contributed by atoms with E-state index >= 15 is 0 Å². The van der Waals surface area contributed by atoms with Crippen LogP contribution < -0.4 is 19.7 Å². The molecule has 2 aromatic carbocycles. The first kappa shape index (κ1) is 30.4. The van der Waals surface area contributed by atoms with Crippen LogP contribution in [-0.4, -0.2) is 53.9 Å². The number of hydrogen-bond donors (Lipinski definition) is 2. The maximum Gasteiger partial charge on any atom is 0.328 e. The molecule has 4 atom stereocenters. The number of urea groups is 1. The van der Waals surface area contributed by atoms with Gasteiger partial charge in [-0.15, -0.1) is 13.2 Å². The van der Waals surface area contributed by atoms with Gasteiger partial charge in [-0.3, -0.25) is 0 Å². The van der Waals surface area contributed by atoms with Gasteiger partial charge in [0.2, 0.25) is 0 Å². The molecule has 1 heterocycles. The number of nitrogens with zero attached hydrogens (tertiary/aromatic N) is 1. The second-order valence-electron chi connectivity index (χ2n) is 11.6. The number of benzene rings is 2. The van der Waals surface area contributed by atoms with Crippen LogP contribution in [0.1, 0.15) is 43.2 Å². The summed E-state index contributed by atoms with van der Waals surface area (Å²) in [5, 5.41) is 3.27. The van der Waals surface area contributed by atoms with E-state index in [1.54, 1.807) is 25.3 Å². The normalized spacial score (nSPS) is 23.8. The van der Waals surface area contributed by atoms with Crippen LogP contribution in [0, 0.1) is 11.8 Å². The number of aryl methyl sites for hydroxylation is 1. The molecule has 226 valence electrons. The number of amides is 2. The Morgan fingerprint density at radius 3 is 2.81 bits per heavy atom. The van der Waals surface area contributed by atoms with Crippen LogP contribution in [0.3, 0.4) is 0 Å².